The highest BCUT2D eigenvalue weighted by Gasteiger charge is 2.56. The van der Waals surface area contributed by atoms with E-state index in [9.17, 15) is 9.59 Å². The van der Waals surface area contributed by atoms with Gasteiger partial charge in [-0.15, -0.1) is 0 Å². The maximum Gasteiger partial charge on any atom is 0.147 e. The molecule has 2 aliphatic rings. The Morgan fingerprint density at radius 2 is 1.92 bits per heavy atom. The lowest BCUT2D eigenvalue weighted by Crippen LogP contribution is -2.38. The van der Waals surface area contributed by atoms with Crippen LogP contribution in [0.3, 0.4) is 0 Å². The van der Waals surface area contributed by atoms with Crippen molar-refractivity contribution in [3.63, 3.8) is 0 Å². The number of carbonyl (C=O) groups is 2. The smallest absolute Gasteiger partial charge is 0.147 e. The van der Waals surface area contributed by atoms with E-state index in [1.54, 1.807) is 0 Å². The van der Waals surface area contributed by atoms with Gasteiger partial charge < -0.3 is 5.11 Å². The van der Waals surface area contributed by atoms with Crippen molar-refractivity contribution in [2.24, 2.45) is 11.3 Å². The Hall–Kier alpha value is -0.700. The third kappa shape index (κ3) is 0.998. The SMILES string of the molecule is O=C1CCC(=O)C12CCCC2CO. The van der Waals surface area contributed by atoms with Crippen molar-refractivity contribution in [3.05, 3.63) is 0 Å². The van der Waals surface area contributed by atoms with Gasteiger partial charge in [0.2, 0.25) is 0 Å². The van der Waals surface area contributed by atoms with Crippen LogP contribution in [0.15, 0.2) is 0 Å². The summed E-state index contributed by atoms with van der Waals surface area (Å²) >= 11 is 0. The molecule has 2 fully saturated rings. The first-order chi connectivity index (χ1) is 6.21. The molecule has 0 bridgehead atoms. The minimum Gasteiger partial charge on any atom is -0.396 e. The Balaban J connectivity index is 2.36. The zero-order valence-corrected chi connectivity index (χ0v) is 7.58. The summed E-state index contributed by atoms with van der Waals surface area (Å²) in [5.41, 5.74) is -0.755. The molecule has 0 aliphatic heterocycles. The van der Waals surface area contributed by atoms with Gasteiger partial charge in [-0.05, 0) is 12.8 Å². The Morgan fingerprint density at radius 1 is 1.31 bits per heavy atom. The second-order valence-electron chi connectivity index (χ2n) is 4.09. The van der Waals surface area contributed by atoms with E-state index in [-0.39, 0.29) is 24.1 Å². The summed E-state index contributed by atoms with van der Waals surface area (Å²) in [4.78, 5) is 23.3. The molecule has 0 heterocycles. The van der Waals surface area contributed by atoms with Crippen molar-refractivity contribution in [3.8, 4) is 0 Å². The Morgan fingerprint density at radius 3 is 2.46 bits per heavy atom. The van der Waals surface area contributed by atoms with Crippen molar-refractivity contribution in [1.29, 1.82) is 0 Å². The maximum atomic E-state index is 11.6. The minimum atomic E-state index is -0.755. The summed E-state index contributed by atoms with van der Waals surface area (Å²) in [7, 11) is 0. The molecule has 3 heteroatoms. The van der Waals surface area contributed by atoms with Crippen LogP contribution in [0.5, 0.6) is 0 Å². The Labute approximate surface area is 77.1 Å². The lowest BCUT2D eigenvalue weighted by molar-refractivity contribution is -0.138. The molecular formula is C10H14O3. The number of hydrogen-bond acceptors (Lipinski definition) is 3. The number of rotatable bonds is 1. The molecule has 0 aromatic rings. The van der Waals surface area contributed by atoms with Crippen LogP contribution < -0.4 is 0 Å². The second-order valence-corrected chi connectivity index (χ2v) is 4.09. The van der Waals surface area contributed by atoms with Crippen molar-refractivity contribution < 1.29 is 14.7 Å². The number of carbonyl (C=O) groups excluding carboxylic acids is 2. The summed E-state index contributed by atoms with van der Waals surface area (Å²) in [5.74, 6) is 0.0677. The molecule has 0 saturated heterocycles. The molecule has 1 unspecified atom stereocenters. The molecule has 0 amide bonds. The largest absolute Gasteiger partial charge is 0.396 e. The molecule has 13 heavy (non-hydrogen) atoms. The van der Waals surface area contributed by atoms with Gasteiger partial charge >= 0.3 is 0 Å². The fourth-order valence-electron chi connectivity index (χ4n) is 2.89. The van der Waals surface area contributed by atoms with E-state index >= 15 is 0 Å². The van der Waals surface area contributed by atoms with Crippen LogP contribution in [-0.2, 0) is 9.59 Å². The first-order valence-corrected chi connectivity index (χ1v) is 4.89. The summed E-state index contributed by atoms with van der Waals surface area (Å²) in [6.45, 7) is -0.0164. The van der Waals surface area contributed by atoms with Crippen molar-refractivity contribution in [2.45, 2.75) is 32.1 Å². The lowest BCUT2D eigenvalue weighted by Gasteiger charge is -2.26. The van der Waals surface area contributed by atoms with Crippen LogP contribution in [0.2, 0.25) is 0 Å². The van der Waals surface area contributed by atoms with Gasteiger partial charge in [0.15, 0.2) is 0 Å². The number of Topliss-reactive ketones (excluding diaryl/α,β-unsaturated/α-hetero) is 2. The highest BCUT2D eigenvalue weighted by molar-refractivity contribution is 6.13. The molecule has 72 valence electrons. The Kier molecular flexibility index (Phi) is 1.99. The minimum absolute atomic E-state index is 0.0164. The van der Waals surface area contributed by atoms with E-state index in [1.807, 2.05) is 0 Å². The molecule has 0 aromatic heterocycles. The van der Waals surface area contributed by atoms with Gasteiger partial charge in [0.25, 0.3) is 0 Å². The van der Waals surface area contributed by atoms with Gasteiger partial charge in [-0.25, -0.2) is 0 Å². The highest BCUT2D eigenvalue weighted by atomic mass is 16.3. The zero-order chi connectivity index (χ0) is 9.47. The fraction of sp³-hybridized carbons (Fsp3) is 0.800. The predicted molar refractivity (Wildman–Crippen MR) is 46.1 cm³/mol. The summed E-state index contributed by atoms with van der Waals surface area (Å²) < 4.78 is 0. The van der Waals surface area contributed by atoms with E-state index in [2.05, 4.69) is 0 Å². The van der Waals surface area contributed by atoms with Crippen LogP contribution in [0.1, 0.15) is 32.1 Å². The van der Waals surface area contributed by atoms with E-state index < -0.39 is 5.41 Å². The maximum absolute atomic E-state index is 11.6. The summed E-state index contributed by atoms with van der Waals surface area (Å²) in [6.07, 6.45) is 3.21. The molecule has 1 atom stereocenters. The van der Waals surface area contributed by atoms with E-state index in [0.717, 1.165) is 12.8 Å². The van der Waals surface area contributed by atoms with Gasteiger partial charge in [0, 0.05) is 25.4 Å². The number of aliphatic hydroxyl groups excluding tert-OH is 1. The van der Waals surface area contributed by atoms with Gasteiger partial charge in [-0.2, -0.15) is 0 Å². The first kappa shape index (κ1) is 8.88. The second kappa shape index (κ2) is 2.91. The molecule has 3 nitrogen and oxygen atoms in total. The summed E-state index contributed by atoms with van der Waals surface area (Å²) in [5, 5.41) is 9.12. The van der Waals surface area contributed by atoms with E-state index in [0.29, 0.717) is 19.3 Å². The van der Waals surface area contributed by atoms with Crippen molar-refractivity contribution >= 4 is 11.6 Å². The normalized spacial score (nSPS) is 31.9. The van der Waals surface area contributed by atoms with Crippen LogP contribution in [0.25, 0.3) is 0 Å². The average molecular weight is 182 g/mol. The molecule has 0 radical (unpaired) electrons. The molecule has 1 spiro atoms. The standard InChI is InChI=1S/C10H14O3/c11-6-7-2-1-5-10(7)8(12)3-4-9(10)13/h7,11H,1-6H2. The fourth-order valence-corrected chi connectivity index (χ4v) is 2.89. The van der Waals surface area contributed by atoms with E-state index in [4.69, 9.17) is 5.11 Å². The van der Waals surface area contributed by atoms with Gasteiger partial charge in [0.1, 0.15) is 11.6 Å². The molecule has 0 aromatic carbocycles. The number of hydrogen-bond donors (Lipinski definition) is 1. The lowest BCUT2D eigenvalue weighted by atomic mass is 9.75. The molecular weight excluding hydrogens is 168 g/mol. The summed E-state index contributed by atoms with van der Waals surface area (Å²) in [6, 6.07) is 0. The van der Waals surface area contributed by atoms with Crippen molar-refractivity contribution in [1.82, 2.24) is 0 Å². The van der Waals surface area contributed by atoms with Crippen LogP contribution in [0, 0.1) is 11.3 Å². The molecule has 2 saturated carbocycles. The predicted octanol–water partition coefficient (Wildman–Crippen LogP) is 0.697. The number of aliphatic hydroxyl groups is 1. The molecule has 1 N–H and O–H groups in total. The quantitative estimate of drug-likeness (QED) is 0.607. The monoisotopic (exact) mass is 182 g/mol. The molecule has 2 rings (SSSR count). The van der Waals surface area contributed by atoms with Crippen LogP contribution in [0.4, 0.5) is 0 Å². The van der Waals surface area contributed by atoms with Gasteiger partial charge in [0.05, 0.1) is 5.41 Å². The van der Waals surface area contributed by atoms with Crippen LogP contribution >= 0.6 is 0 Å². The first-order valence-electron chi connectivity index (χ1n) is 4.89. The topological polar surface area (TPSA) is 54.4 Å². The van der Waals surface area contributed by atoms with Crippen molar-refractivity contribution in [2.75, 3.05) is 6.61 Å². The van der Waals surface area contributed by atoms with Gasteiger partial charge in [-0.1, -0.05) is 6.42 Å². The third-order valence-corrected chi connectivity index (χ3v) is 3.62. The van der Waals surface area contributed by atoms with E-state index in [1.165, 1.54) is 0 Å². The van der Waals surface area contributed by atoms with Gasteiger partial charge in [-0.3, -0.25) is 9.59 Å². The third-order valence-electron chi connectivity index (χ3n) is 3.62. The Bertz CT molecular complexity index is 241. The number of ketones is 2. The average Bonchev–Trinajstić information content (AvgIpc) is 2.67. The van der Waals surface area contributed by atoms with Crippen LogP contribution in [-0.4, -0.2) is 23.3 Å². The molecule has 2 aliphatic carbocycles. The zero-order valence-electron chi connectivity index (χ0n) is 7.58. The highest BCUT2D eigenvalue weighted by Crippen LogP contribution is 2.49.